The first kappa shape index (κ1) is 84.3. The molecule has 104 heavy (non-hydrogen) atoms. The van der Waals surface area contributed by atoms with Gasteiger partial charge >= 0.3 is 31.9 Å². The summed E-state index contributed by atoms with van der Waals surface area (Å²) in [7, 11) is 10.3. The Kier molecular flexibility index (Phi) is 32.8. The quantitative estimate of drug-likeness (QED) is 0.0652. The Morgan fingerprint density at radius 3 is 1.45 bits per heavy atom. The van der Waals surface area contributed by atoms with Crippen molar-refractivity contribution in [3.63, 3.8) is 0 Å². The number of methoxy groups -OCH3 is 4. The molecule has 541 valence electrons. The van der Waals surface area contributed by atoms with Crippen molar-refractivity contribution in [2.75, 3.05) is 28.4 Å². The minimum Gasteiger partial charge on any atom is -0.509 e. The summed E-state index contributed by atoms with van der Waals surface area (Å²) in [5, 5.41) is 24.8. The average Bonchev–Trinajstić information content (AvgIpc) is 1.64. The van der Waals surface area contributed by atoms with E-state index in [0.29, 0.717) is 58.6 Å². The summed E-state index contributed by atoms with van der Waals surface area (Å²) in [6.45, 7) is 42.3. The molecule has 1 radical (unpaired) electrons. The van der Waals surface area contributed by atoms with Crippen LogP contribution in [0.25, 0.3) is 43.1 Å². The molecule has 25 nitrogen and oxygen atoms in total. The fourth-order valence-corrected chi connectivity index (χ4v) is 10.2. The molecule has 1 aliphatic rings. The van der Waals surface area contributed by atoms with Crippen molar-refractivity contribution in [1.82, 2.24) is 45.5 Å². The van der Waals surface area contributed by atoms with E-state index in [2.05, 4.69) is 112 Å². The molecule has 30 heteroatoms. The van der Waals surface area contributed by atoms with E-state index in [9.17, 15) is 4.79 Å². The van der Waals surface area contributed by atoms with Gasteiger partial charge in [-0.15, -0.1) is 0 Å². The van der Waals surface area contributed by atoms with Crippen LogP contribution in [0.3, 0.4) is 0 Å². The SMILES string of the molecule is CC(=O)Cc1ccccn1.COc1ccc(-c2c(C)noc2C)cn1.COc1ccc(Br)cn1.COc1ncc(-c2c(C)noc2C)cc1Br.Cc1noc(C)c1B1OC(C)(C)C(C)(C)O1.[B]=NS.[C-]#[N+]c1ccc(C)c(O)c1.[C-]#[N+]c1ccc(C)c(Oc2cc(-c3c(C)noc3C)cnc2OC)c1. The molecular formula is C74H81B2Br2N12O13S. The van der Waals surface area contributed by atoms with Gasteiger partial charge in [0.25, 0.3) is 5.88 Å². The number of carbonyl (C=O) groups excluding carboxylic acids is 1. The van der Waals surface area contributed by atoms with Crippen molar-refractivity contribution < 1.29 is 61.0 Å². The Hall–Kier alpha value is -10.4. The van der Waals surface area contributed by atoms with E-state index in [0.717, 1.165) is 105 Å². The zero-order chi connectivity index (χ0) is 77.0. The van der Waals surface area contributed by atoms with E-state index in [1.165, 1.54) is 13.2 Å². The number of phenols is 1. The number of hydrogen-bond acceptors (Lipinski definition) is 24. The standard InChI is InChI=1S/C19H17N3O3.C11H18BNO3.C11H11BrN2O2.C11H12N2O2.C8H7NO.C8H9NO.C6H6BrNO.BHNS/c1-11-6-7-15(20-4)9-16(11)24-17-8-14(10-21-19(17)23-5)18-12(2)22-25-13(18)3;1-7-9(8(2)14-13-7)12-15-10(3,4)11(5,6)16-12;1-6-10(7(2)16-14-6)8-4-9(12)11(15-3)13-5-8;1-7-11(8(2)15-13-7)9-4-5-10(14-3)12-6-9;1-6-3-4-7(9-2)5-8(6)10;1-7(10)6-8-4-2-3-5-9-8;1-9-6-3-2-5(7)4-8-6;1-2-3/h6-10H,1-3,5H3;1-6H3;4-5H,1-3H3;4-6H,1-3H3;3-5,10H,1H3;2-5H,6H2,1H3;2-4H,1H3;3H. The van der Waals surface area contributed by atoms with Crippen molar-refractivity contribution in [1.29, 1.82) is 0 Å². The number of phenolic OH excluding ortho intramolecular Hbond substituents is 1. The monoisotopic (exact) mass is 1560 g/mol. The molecule has 1 N–H and O–H groups in total. The largest absolute Gasteiger partial charge is 0.509 e. The Morgan fingerprint density at radius 1 is 0.567 bits per heavy atom. The second-order valence-corrected chi connectivity index (χ2v) is 25.5. The first-order valence-electron chi connectivity index (χ1n) is 31.6. The van der Waals surface area contributed by atoms with Gasteiger partial charge in [0.2, 0.25) is 17.6 Å². The van der Waals surface area contributed by atoms with Crippen LogP contribution in [0.5, 0.6) is 40.8 Å². The van der Waals surface area contributed by atoms with Gasteiger partial charge in [-0.25, -0.2) is 29.6 Å². The molecule has 0 amide bonds. The number of ether oxygens (including phenoxy) is 5. The van der Waals surface area contributed by atoms with E-state index >= 15 is 0 Å². The third-order valence-corrected chi connectivity index (χ3v) is 16.4. The molecule has 1 aliphatic heterocycles. The smallest absolute Gasteiger partial charge is 0.257 e. The van der Waals surface area contributed by atoms with Crippen molar-refractivity contribution in [2.45, 2.75) is 121 Å². The predicted octanol–water partition coefficient (Wildman–Crippen LogP) is 17.6. The summed E-state index contributed by atoms with van der Waals surface area (Å²) in [6.07, 6.45) is 9.03. The number of rotatable bonds is 12. The topological polar surface area (TPSA) is 292 Å². The van der Waals surface area contributed by atoms with Crippen LogP contribution in [0.15, 0.2) is 153 Å². The fraction of sp³-hybridized carbons (Fsp3) is 0.297. The number of hydrogen-bond donors (Lipinski definition) is 2. The second-order valence-electron chi connectivity index (χ2n) is 23.5. The molecule has 0 saturated carbocycles. The van der Waals surface area contributed by atoms with Crippen molar-refractivity contribution in [2.24, 2.45) is 4.30 Å². The number of aryl methyl sites for hydroxylation is 10. The Bertz CT molecular complexity index is 4600. The number of Topliss-reactive ketones (excluding diaryl/α,β-unsaturated/α-hetero) is 1. The van der Waals surface area contributed by atoms with Crippen LogP contribution in [0, 0.1) is 82.4 Å². The summed E-state index contributed by atoms with van der Waals surface area (Å²) in [5.74, 6) is 6.62. The van der Waals surface area contributed by atoms with Gasteiger partial charge in [0.15, 0.2) is 17.1 Å². The van der Waals surface area contributed by atoms with E-state index in [-0.39, 0.29) is 29.9 Å². The van der Waals surface area contributed by atoms with Gasteiger partial charge < -0.3 is 56.2 Å². The molecule has 0 aliphatic carbocycles. The number of halogens is 2. The fourth-order valence-electron chi connectivity index (χ4n) is 9.42. The van der Waals surface area contributed by atoms with Crippen molar-refractivity contribution >= 4 is 82.1 Å². The number of aromatic nitrogens is 9. The van der Waals surface area contributed by atoms with Gasteiger partial charge in [-0.05, 0) is 195 Å². The number of nitrogens with zero attached hydrogens (tertiary/aromatic N) is 12. The third-order valence-electron chi connectivity index (χ3n) is 15.4. The maximum absolute atomic E-state index is 10.6. The second kappa shape index (κ2) is 40.5. The van der Waals surface area contributed by atoms with E-state index < -0.39 is 0 Å². The normalized spacial score (nSPS) is 11.7. The van der Waals surface area contributed by atoms with Crippen molar-refractivity contribution in [3.05, 3.63) is 216 Å². The Morgan fingerprint density at radius 2 is 1.04 bits per heavy atom. The van der Waals surface area contributed by atoms with Gasteiger partial charge in [-0.3, -0.25) is 9.78 Å². The number of aromatic hydroxyl groups is 1. The molecule has 12 rings (SSSR count). The number of thiol groups is 1. The van der Waals surface area contributed by atoms with Gasteiger partial charge in [0.05, 0.1) is 80.0 Å². The number of benzene rings is 2. The van der Waals surface area contributed by atoms with Crippen LogP contribution >= 0.6 is 44.7 Å². The first-order chi connectivity index (χ1) is 49.4. The van der Waals surface area contributed by atoms with Gasteiger partial charge in [0.1, 0.15) is 40.3 Å². The Labute approximate surface area is 629 Å². The van der Waals surface area contributed by atoms with E-state index in [4.69, 9.17) is 69.3 Å². The summed E-state index contributed by atoms with van der Waals surface area (Å²) in [6, 6.07) is 27.0. The van der Waals surface area contributed by atoms with E-state index in [1.807, 2.05) is 145 Å². The molecule has 1 fully saturated rings. The molecule has 0 atom stereocenters. The molecule has 2 aromatic carbocycles. The first-order valence-corrected chi connectivity index (χ1v) is 33.6. The van der Waals surface area contributed by atoms with Crippen LogP contribution < -0.4 is 29.1 Å². The third kappa shape index (κ3) is 24.1. The molecule has 9 aromatic heterocycles. The summed E-state index contributed by atoms with van der Waals surface area (Å²) < 4.78 is 63.2. The Balaban J connectivity index is 0.000000222. The molecule has 11 aromatic rings. The molecule has 10 heterocycles. The number of pyridine rings is 5. The minimum atomic E-state index is -0.378. The van der Waals surface area contributed by atoms with E-state index in [1.54, 1.807) is 96.5 Å². The predicted molar refractivity (Wildman–Crippen MR) is 408 cm³/mol. The van der Waals surface area contributed by atoms with Gasteiger partial charge in [-0.2, -0.15) is 0 Å². The maximum atomic E-state index is 10.6. The van der Waals surface area contributed by atoms with Gasteiger partial charge in [0, 0.05) is 98.5 Å². The summed E-state index contributed by atoms with van der Waals surface area (Å²) in [4.78, 5) is 37.8. The minimum absolute atomic E-state index is 0.152. The van der Waals surface area contributed by atoms with Crippen molar-refractivity contribution in [3.8, 4) is 74.1 Å². The summed E-state index contributed by atoms with van der Waals surface area (Å²) in [5.41, 5.74) is 12.8. The zero-order valence-electron chi connectivity index (χ0n) is 61.3. The molecule has 0 bridgehead atoms. The average molecular weight is 1560 g/mol. The summed E-state index contributed by atoms with van der Waals surface area (Å²) >= 11 is 9.85. The van der Waals surface area contributed by atoms with Crippen LogP contribution in [-0.4, -0.2) is 111 Å². The zero-order valence-corrected chi connectivity index (χ0v) is 65.4. The van der Waals surface area contributed by atoms with Crippen LogP contribution in [0.2, 0.25) is 0 Å². The molecule has 0 unspecified atom stereocenters. The number of ketones is 1. The van der Waals surface area contributed by atoms with Crippen LogP contribution in [0.1, 0.15) is 97.3 Å². The molecule has 1 saturated heterocycles. The number of carbonyl (C=O) groups is 1. The molecular weight excluding hydrogens is 1480 g/mol. The van der Waals surface area contributed by atoms with Gasteiger partial charge in [-0.1, -0.05) is 51.0 Å². The van der Waals surface area contributed by atoms with Crippen LogP contribution in [-0.2, 0) is 20.5 Å². The molecule has 0 spiro atoms. The maximum Gasteiger partial charge on any atom is 0.257 e. The van der Waals surface area contributed by atoms with Crippen LogP contribution in [0.4, 0.5) is 11.4 Å².